The summed E-state index contributed by atoms with van der Waals surface area (Å²) in [5.41, 5.74) is 4.96. The van der Waals surface area contributed by atoms with Gasteiger partial charge < -0.3 is 5.73 Å². The quantitative estimate of drug-likeness (QED) is 0.214. The Hall–Kier alpha value is -3.47. The van der Waals surface area contributed by atoms with Crippen LogP contribution in [0.3, 0.4) is 0 Å². The van der Waals surface area contributed by atoms with Gasteiger partial charge in [-0.2, -0.15) is 16.8 Å². The Morgan fingerprint density at radius 1 is 0.784 bits per heavy atom. The molecule has 0 bridgehead atoms. The van der Waals surface area contributed by atoms with Crippen molar-refractivity contribution in [3.05, 3.63) is 88.0 Å². The van der Waals surface area contributed by atoms with Gasteiger partial charge in [0.05, 0.1) is 16.1 Å². The smallest absolute Gasteiger partial charge is 0.397 e. The third-order valence-electron chi connectivity index (χ3n) is 5.56. The van der Waals surface area contributed by atoms with Crippen LogP contribution in [-0.2, 0) is 41.0 Å². The third-order valence-corrected chi connectivity index (χ3v) is 8.42. The molecule has 3 aromatic carbocycles. The minimum atomic E-state index is -5.03. The van der Waals surface area contributed by atoms with Gasteiger partial charge in [0.1, 0.15) is 4.90 Å². The largest absolute Gasteiger partial charge is 0.398 e. The van der Waals surface area contributed by atoms with Gasteiger partial charge in [-0.05, 0) is 35.7 Å². The number of hydrogen-bond donors (Lipinski definition) is 3. The van der Waals surface area contributed by atoms with Crippen LogP contribution in [0.25, 0.3) is 0 Å². The number of benzene rings is 3. The first kappa shape index (κ1) is 26.6. The highest BCUT2D eigenvalue weighted by molar-refractivity contribution is 7.92. The fraction of sp³-hybridized carbons (Fsp3) is 0.0909. The molecule has 4 N–H and O–H groups in total. The summed E-state index contributed by atoms with van der Waals surface area (Å²) in [6.07, 6.45) is -0.283. The maximum absolute atomic E-state index is 13.4. The highest BCUT2D eigenvalue weighted by atomic mass is 32.3. The molecule has 15 heteroatoms. The van der Waals surface area contributed by atoms with Crippen LogP contribution in [-0.4, -0.2) is 51.9 Å². The molecule has 37 heavy (non-hydrogen) atoms. The lowest BCUT2D eigenvalue weighted by atomic mass is 9.80. The molecule has 0 saturated carbocycles. The molecular weight excluding hydrogens is 550 g/mol. The third kappa shape index (κ3) is 5.18. The van der Waals surface area contributed by atoms with Gasteiger partial charge in [-0.25, -0.2) is 12.6 Å². The summed E-state index contributed by atoms with van der Waals surface area (Å²) in [6, 6.07) is 11.7. The number of carbonyl (C=O) groups is 2. The zero-order chi connectivity index (χ0) is 27.3. The van der Waals surface area contributed by atoms with Crippen molar-refractivity contribution in [3.8, 4) is 0 Å². The predicted octanol–water partition coefficient (Wildman–Crippen LogP) is 1.43. The lowest BCUT2D eigenvalue weighted by molar-refractivity contribution is 0.0979. The minimum Gasteiger partial charge on any atom is -0.397 e. The van der Waals surface area contributed by atoms with E-state index in [-0.39, 0.29) is 34.2 Å². The van der Waals surface area contributed by atoms with Gasteiger partial charge in [0.25, 0.3) is 10.1 Å². The summed E-state index contributed by atoms with van der Waals surface area (Å²) in [6.45, 7) is 0. The van der Waals surface area contributed by atoms with E-state index in [4.69, 9.17) is 10.3 Å². The molecule has 0 amide bonds. The van der Waals surface area contributed by atoms with Crippen LogP contribution in [0.1, 0.15) is 43.0 Å². The van der Waals surface area contributed by atoms with Gasteiger partial charge in [0.2, 0.25) is 9.84 Å². The van der Waals surface area contributed by atoms with Crippen molar-refractivity contribution in [3.63, 3.8) is 0 Å². The molecule has 0 heterocycles. The summed E-state index contributed by atoms with van der Waals surface area (Å²) in [7, 11) is -14.3. The lowest BCUT2D eigenvalue weighted by Crippen LogP contribution is -2.25. The monoisotopic (exact) mass is 567 g/mol. The van der Waals surface area contributed by atoms with E-state index in [1.807, 2.05) is 0 Å². The molecule has 0 atom stereocenters. The molecule has 0 unspecified atom stereocenters. The summed E-state index contributed by atoms with van der Waals surface area (Å²) in [5.74, 6) is -2.74. The standard InChI is InChI=1S/C22H17NO11S3/c23-20-17(36(28,29)30)10-13(18-19(20)22(25)16-7-2-1-6-15(16)21(18)24)8-12-4-3-5-14(9-12)35(26,27)11-34-37(31,32)33/h1-7,9-10H,8,11,23H2,(H,28,29,30)(H,31,32,33). The number of rotatable bonds is 7. The molecule has 0 radical (unpaired) electrons. The first-order chi connectivity index (χ1) is 17.1. The molecule has 1 aliphatic rings. The Morgan fingerprint density at radius 3 is 1.95 bits per heavy atom. The van der Waals surface area contributed by atoms with Crippen LogP contribution in [0.4, 0.5) is 5.69 Å². The van der Waals surface area contributed by atoms with Crippen LogP contribution < -0.4 is 5.73 Å². The summed E-state index contributed by atoms with van der Waals surface area (Å²) >= 11 is 0. The maximum Gasteiger partial charge on any atom is 0.398 e. The molecule has 0 spiro atoms. The van der Waals surface area contributed by atoms with Gasteiger partial charge in [-0.3, -0.25) is 18.7 Å². The van der Waals surface area contributed by atoms with E-state index in [0.29, 0.717) is 0 Å². The number of carbonyl (C=O) groups excluding carboxylic acids is 2. The van der Waals surface area contributed by atoms with Crippen LogP contribution in [0.5, 0.6) is 0 Å². The van der Waals surface area contributed by atoms with Crippen molar-refractivity contribution in [2.24, 2.45) is 0 Å². The Bertz CT molecular complexity index is 1810. The van der Waals surface area contributed by atoms with Crippen molar-refractivity contribution in [2.75, 3.05) is 11.7 Å². The van der Waals surface area contributed by atoms with E-state index >= 15 is 0 Å². The molecule has 194 valence electrons. The van der Waals surface area contributed by atoms with Crippen molar-refractivity contribution in [1.82, 2.24) is 0 Å². The van der Waals surface area contributed by atoms with E-state index in [1.165, 1.54) is 36.4 Å². The Balaban J connectivity index is 1.87. The first-order valence-corrected chi connectivity index (χ1v) is 14.6. The van der Waals surface area contributed by atoms with Gasteiger partial charge in [0.15, 0.2) is 17.5 Å². The number of nitrogen functional groups attached to an aromatic ring is 1. The zero-order valence-corrected chi connectivity index (χ0v) is 20.9. The summed E-state index contributed by atoms with van der Waals surface area (Å²) < 4.78 is 92.8. The van der Waals surface area contributed by atoms with Gasteiger partial charge >= 0.3 is 10.4 Å². The average Bonchev–Trinajstić information content (AvgIpc) is 2.81. The molecule has 1 aliphatic carbocycles. The Morgan fingerprint density at radius 2 is 1.38 bits per heavy atom. The van der Waals surface area contributed by atoms with Crippen molar-refractivity contribution < 1.29 is 48.1 Å². The minimum absolute atomic E-state index is 0.00272. The van der Waals surface area contributed by atoms with Crippen LogP contribution in [0, 0.1) is 0 Å². The predicted molar refractivity (Wildman–Crippen MR) is 128 cm³/mol. The number of ketones is 2. The molecule has 0 saturated heterocycles. The van der Waals surface area contributed by atoms with Crippen molar-refractivity contribution in [1.29, 1.82) is 0 Å². The average molecular weight is 568 g/mol. The second kappa shape index (κ2) is 9.13. The lowest BCUT2D eigenvalue weighted by Gasteiger charge is -2.23. The van der Waals surface area contributed by atoms with E-state index in [9.17, 15) is 39.4 Å². The second-order valence-corrected chi connectivity index (χ2v) is 12.4. The van der Waals surface area contributed by atoms with Gasteiger partial charge in [-0.1, -0.05) is 36.4 Å². The molecule has 4 rings (SSSR count). The van der Waals surface area contributed by atoms with Crippen LogP contribution in [0.2, 0.25) is 0 Å². The zero-order valence-electron chi connectivity index (χ0n) is 18.5. The second-order valence-electron chi connectivity index (χ2n) is 7.98. The number of anilines is 1. The topological polar surface area (TPSA) is 212 Å². The van der Waals surface area contributed by atoms with Crippen molar-refractivity contribution >= 4 is 47.6 Å². The highest BCUT2D eigenvalue weighted by Crippen LogP contribution is 2.37. The van der Waals surface area contributed by atoms with Crippen molar-refractivity contribution in [2.45, 2.75) is 16.2 Å². The van der Waals surface area contributed by atoms with Crippen LogP contribution in [0.15, 0.2) is 64.4 Å². The van der Waals surface area contributed by atoms with Gasteiger partial charge in [0, 0.05) is 16.7 Å². The molecule has 3 aromatic rings. The number of sulfone groups is 1. The van der Waals surface area contributed by atoms with Crippen LogP contribution >= 0.6 is 0 Å². The Kier molecular flexibility index (Phi) is 6.56. The van der Waals surface area contributed by atoms with Gasteiger partial charge in [-0.15, -0.1) is 0 Å². The number of hydrogen-bond acceptors (Lipinski definition) is 10. The fourth-order valence-electron chi connectivity index (χ4n) is 3.98. The Labute approximate surface area is 211 Å². The summed E-state index contributed by atoms with van der Waals surface area (Å²) in [5, 5.41) is 0. The molecule has 12 nitrogen and oxygen atoms in total. The molecular formula is C22H17NO11S3. The molecule has 0 aliphatic heterocycles. The molecule has 0 fully saturated rings. The molecule has 0 aromatic heterocycles. The maximum atomic E-state index is 13.4. The SMILES string of the molecule is Nc1c(S(=O)(=O)O)cc(Cc2cccc(S(=O)(=O)COS(=O)(=O)O)c2)c2c1C(=O)c1ccccc1C2=O. The van der Waals surface area contributed by atoms with E-state index in [1.54, 1.807) is 0 Å². The number of nitrogens with two attached hydrogens (primary N) is 1. The normalized spacial score (nSPS) is 13.8. The fourth-order valence-corrected chi connectivity index (χ4v) is 6.40. The van der Waals surface area contributed by atoms with E-state index < -0.39 is 68.9 Å². The van der Waals surface area contributed by atoms with E-state index in [0.717, 1.165) is 18.2 Å². The number of fused-ring (bicyclic) bond motifs is 2. The highest BCUT2D eigenvalue weighted by Gasteiger charge is 2.36. The summed E-state index contributed by atoms with van der Waals surface area (Å²) in [4.78, 5) is 25.4. The first-order valence-electron chi connectivity index (χ1n) is 10.1. The van der Waals surface area contributed by atoms with E-state index in [2.05, 4.69) is 4.18 Å².